The van der Waals surface area contributed by atoms with Crippen molar-refractivity contribution in [1.82, 2.24) is 10.6 Å². The average molecular weight is 250 g/mol. The second kappa shape index (κ2) is 6.36. The van der Waals surface area contributed by atoms with Gasteiger partial charge in [0.2, 0.25) is 0 Å². The summed E-state index contributed by atoms with van der Waals surface area (Å²) in [5.74, 6) is -1.41. The third kappa shape index (κ3) is 4.54. The first-order valence-electron chi connectivity index (χ1n) is 5.53. The number of hydrogen-bond acceptors (Lipinski definition) is 2. The maximum absolute atomic E-state index is 11.8. The van der Waals surface area contributed by atoms with Gasteiger partial charge in [-0.25, -0.2) is 13.6 Å². The number of nitrogens with one attached hydrogen (secondary N) is 2. The Hall–Kier alpha value is -1.40. The number of carbonyl (C=O) groups is 2. The number of aliphatic carboxylic acids is 1. The van der Waals surface area contributed by atoms with Crippen molar-refractivity contribution in [3.8, 4) is 0 Å². The topological polar surface area (TPSA) is 78.4 Å². The Balaban J connectivity index is 2.25. The molecule has 0 saturated heterocycles. The van der Waals surface area contributed by atoms with Gasteiger partial charge in [0.05, 0.1) is 12.5 Å². The number of alkyl halides is 2. The third-order valence-corrected chi connectivity index (χ3v) is 2.92. The van der Waals surface area contributed by atoms with Gasteiger partial charge in [-0.15, -0.1) is 0 Å². The van der Waals surface area contributed by atoms with E-state index in [1.54, 1.807) is 0 Å². The van der Waals surface area contributed by atoms with Crippen molar-refractivity contribution in [1.29, 1.82) is 0 Å². The molecule has 1 fully saturated rings. The van der Waals surface area contributed by atoms with Gasteiger partial charge in [-0.1, -0.05) is 6.42 Å². The van der Waals surface area contributed by atoms with Gasteiger partial charge in [0.15, 0.2) is 0 Å². The Morgan fingerprint density at radius 1 is 1.29 bits per heavy atom. The Kier molecular flexibility index (Phi) is 5.11. The zero-order valence-corrected chi connectivity index (χ0v) is 9.29. The largest absolute Gasteiger partial charge is 0.481 e. The Morgan fingerprint density at radius 3 is 2.59 bits per heavy atom. The van der Waals surface area contributed by atoms with Gasteiger partial charge >= 0.3 is 12.0 Å². The molecule has 2 atom stereocenters. The molecule has 98 valence electrons. The SMILES string of the molecule is O=C(NCC(F)F)NCC1CCCC1C(=O)O. The van der Waals surface area contributed by atoms with Crippen LogP contribution in [0.25, 0.3) is 0 Å². The molecule has 0 aromatic carbocycles. The smallest absolute Gasteiger partial charge is 0.314 e. The van der Waals surface area contributed by atoms with Crippen LogP contribution in [0.3, 0.4) is 0 Å². The Morgan fingerprint density at radius 2 is 2.00 bits per heavy atom. The summed E-state index contributed by atoms with van der Waals surface area (Å²) in [6, 6.07) is -0.679. The molecule has 2 amide bonds. The van der Waals surface area contributed by atoms with Gasteiger partial charge in [0.1, 0.15) is 0 Å². The highest BCUT2D eigenvalue weighted by atomic mass is 19.3. The van der Waals surface area contributed by atoms with Crippen molar-refractivity contribution in [3.63, 3.8) is 0 Å². The van der Waals surface area contributed by atoms with Crippen LogP contribution >= 0.6 is 0 Å². The normalized spacial score (nSPS) is 23.7. The highest BCUT2D eigenvalue weighted by Gasteiger charge is 2.32. The Labute approximate surface area is 97.6 Å². The number of carboxylic acids is 1. The molecule has 2 unspecified atom stereocenters. The Bertz CT molecular complexity index is 287. The maximum Gasteiger partial charge on any atom is 0.314 e. The second-order valence-electron chi connectivity index (χ2n) is 4.12. The summed E-state index contributed by atoms with van der Waals surface area (Å²) in [5, 5.41) is 13.3. The molecule has 0 spiro atoms. The van der Waals surface area contributed by atoms with Gasteiger partial charge in [0.25, 0.3) is 6.43 Å². The van der Waals surface area contributed by atoms with Gasteiger partial charge in [-0.3, -0.25) is 4.79 Å². The molecular formula is C10H16F2N2O3. The second-order valence-corrected chi connectivity index (χ2v) is 4.12. The minimum atomic E-state index is -2.58. The van der Waals surface area contributed by atoms with E-state index in [9.17, 15) is 18.4 Å². The molecule has 0 aromatic rings. The summed E-state index contributed by atoms with van der Waals surface area (Å²) in [4.78, 5) is 21.9. The van der Waals surface area contributed by atoms with E-state index >= 15 is 0 Å². The summed E-state index contributed by atoms with van der Waals surface area (Å²) in [6.45, 7) is -0.481. The van der Waals surface area contributed by atoms with E-state index in [2.05, 4.69) is 5.32 Å². The molecule has 0 radical (unpaired) electrons. The van der Waals surface area contributed by atoms with Crippen LogP contribution in [0.4, 0.5) is 13.6 Å². The molecule has 1 aliphatic carbocycles. The minimum Gasteiger partial charge on any atom is -0.481 e. The first-order chi connectivity index (χ1) is 8.00. The molecule has 7 heteroatoms. The lowest BCUT2D eigenvalue weighted by molar-refractivity contribution is -0.142. The van der Waals surface area contributed by atoms with Crippen molar-refractivity contribution >= 4 is 12.0 Å². The van der Waals surface area contributed by atoms with Crippen LogP contribution in [0.5, 0.6) is 0 Å². The average Bonchev–Trinajstić information content (AvgIpc) is 2.71. The van der Waals surface area contributed by atoms with Crippen LogP contribution in [0.2, 0.25) is 0 Å². The van der Waals surface area contributed by atoms with Crippen molar-refractivity contribution < 1.29 is 23.5 Å². The summed E-state index contributed by atoms with van der Waals surface area (Å²) in [7, 11) is 0. The van der Waals surface area contributed by atoms with E-state index in [0.29, 0.717) is 6.42 Å². The molecular weight excluding hydrogens is 234 g/mol. The molecule has 0 heterocycles. The lowest BCUT2D eigenvalue weighted by Crippen LogP contribution is -2.41. The fourth-order valence-electron chi connectivity index (χ4n) is 2.06. The predicted molar refractivity (Wildman–Crippen MR) is 55.9 cm³/mol. The van der Waals surface area contributed by atoms with E-state index in [1.807, 2.05) is 5.32 Å². The first-order valence-corrected chi connectivity index (χ1v) is 5.53. The van der Waals surface area contributed by atoms with Crippen LogP contribution < -0.4 is 10.6 Å². The van der Waals surface area contributed by atoms with Crippen LogP contribution in [0.1, 0.15) is 19.3 Å². The molecule has 1 saturated carbocycles. The summed E-state index contributed by atoms with van der Waals surface area (Å²) >= 11 is 0. The number of halogens is 2. The molecule has 5 nitrogen and oxygen atoms in total. The maximum atomic E-state index is 11.8. The van der Waals surface area contributed by atoms with E-state index < -0.39 is 30.9 Å². The third-order valence-electron chi connectivity index (χ3n) is 2.92. The quantitative estimate of drug-likeness (QED) is 0.682. The van der Waals surface area contributed by atoms with E-state index in [0.717, 1.165) is 12.8 Å². The molecule has 0 bridgehead atoms. The number of rotatable bonds is 5. The molecule has 1 rings (SSSR count). The lowest BCUT2D eigenvalue weighted by atomic mass is 9.96. The lowest BCUT2D eigenvalue weighted by Gasteiger charge is -2.16. The number of hydrogen-bond donors (Lipinski definition) is 3. The van der Waals surface area contributed by atoms with E-state index in [4.69, 9.17) is 5.11 Å². The van der Waals surface area contributed by atoms with Crippen molar-refractivity contribution in [2.75, 3.05) is 13.1 Å². The fourth-order valence-corrected chi connectivity index (χ4v) is 2.06. The zero-order chi connectivity index (χ0) is 12.8. The molecule has 1 aliphatic rings. The van der Waals surface area contributed by atoms with Gasteiger partial charge < -0.3 is 15.7 Å². The highest BCUT2D eigenvalue weighted by Crippen LogP contribution is 2.31. The van der Waals surface area contributed by atoms with Gasteiger partial charge in [-0.05, 0) is 18.8 Å². The number of urea groups is 1. The van der Waals surface area contributed by atoms with Crippen molar-refractivity contribution in [3.05, 3.63) is 0 Å². The molecule has 0 aromatic heterocycles. The number of amides is 2. The first kappa shape index (κ1) is 13.7. The summed E-state index contributed by atoms with van der Waals surface area (Å²) in [6.07, 6.45) is -0.409. The standard InChI is InChI=1S/C10H16F2N2O3/c11-8(12)5-14-10(17)13-4-6-2-1-3-7(6)9(15)16/h6-8H,1-5H2,(H,15,16)(H2,13,14,17). The molecule has 17 heavy (non-hydrogen) atoms. The van der Waals surface area contributed by atoms with Crippen LogP contribution in [0.15, 0.2) is 0 Å². The van der Waals surface area contributed by atoms with Gasteiger partial charge in [-0.2, -0.15) is 0 Å². The number of carbonyl (C=O) groups excluding carboxylic acids is 1. The van der Waals surface area contributed by atoms with Gasteiger partial charge in [0, 0.05) is 6.54 Å². The predicted octanol–water partition coefficient (Wildman–Crippen LogP) is 1.05. The highest BCUT2D eigenvalue weighted by molar-refractivity contribution is 5.74. The fraction of sp³-hybridized carbons (Fsp3) is 0.800. The van der Waals surface area contributed by atoms with Crippen molar-refractivity contribution in [2.45, 2.75) is 25.7 Å². The summed E-state index contributed by atoms with van der Waals surface area (Å²) in [5.41, 5.74) is 0. The monoisotopic (exact) mass is 250 g/mol. The van der Waals surface area contributed by atoms with Crippen LogP contribution in [-0.4, -0.2) is 36.6 Å². The van der Waals surface area contributed by atoms with E-state index in [-0.39, 0.29) is 12.5 Å². The van der Waals surface area contributed by atoms with Crippen molar-refractivity contribution in [2.24, 2.45) is 11.8 Å². The van der Waals surface area contributed by atoms with Crippen LogP contribution in [-0.2, 0) is 4.79 Å². The molecule has 3 N–H and O–H groups in total. The van der Waals surface area contributed by atoms with Crippen LogP contribution in [0, 0.1) is 11.8 Å². The van der Waals surface area contributed by atoms with E-state index in [1.165, 1.54) is 0 Å². The number of carboxylic acid groups (broad SMARTS) is 1. The summed E-state index contributed by atoms with van der Waals surface area (Å²) < 4.78 is 23.6. The zero-order valence-electron chi connectivity index (χ0n) is 9.29. The molecule has 0 aliphatic heterocycles. The minimum absolute atomic E-state index is 0.107.